The summed E-state index contributed by atoms with van der Waals surface area (Å²) in [5.41, 5.74) is 9.76. The van der Waals surface area contributed by atoms with Gasteiger partial charge in [-0.25, -0.2) is 0 Å². The van der Waals surface area contributed by atoms with E-state index in [1.807, 2.05) is 30.3 Å². The van der Waals surface area contributed by atoms with E-state index in [1.54, 1.807) is 24.5 Å². The summed E-state index contributed by atoms with van der Waals surface area (Å²) in [4.78, 5) is 12.4. The molecule has 1 aromatic heterocycles. The first-order valence-corrected chi connectivity index (χ1v) is 8.94. The summed E-state index contributed by atoms with van der Waals surface area (Å²) >= 11 is 0. The maximum absolute atomic E-state index is 12.4. The lowest BCUT2D eigenvalue weighted by atomic mass is 10.0. The van der Waals surface area contributed by atoms with Crippen LogP contribution < -0.4 is 11.1 Å². The Hall–Kier alpha value is -2.56. The second-order valence-corrected chi connectivity index (χ2v) is 6.95. The zero-order valence-electron chi connectivity index (χ0n) is 15.1. The summed E-state index contributed by atoms with van der Waals surface area (Å²) in [6.07, 6.45) is 3.63. The molecule has 0 spiro atoms. The summed E-state index contributed by atoms with van der Waals surface area (Å²) in [5, 5.41) is 2.92. The van der Waals surface area contributed by atoms with Crippen molar-refractivity contribution >= 4 is 24.0 Å². The summed E-state index contributed by atoms with van der Waals surface area (Å²) in [7, 11) is 0. The highest BCUT2D eigenvalue weighted by atomic mass is 35.5. The van der Waals surface area contributed by atoms with Crippen molar-refractivity contribution in [3.05, 3.63) is 78.1 Å². The number of hydrogen-bond donors (Lipinski definition) is 2. The molecule has 1 amide bonds. The van der Waals surface area contributed by atoms with Crippen molar-refractivity contribution < 1.29 is 9.21 Å². The van der Waals surface area contributed by atoms with Gasteiger partial charge in [-0.15, -0.1) is 12.4 Å². The molecule has 5 heteroatoms. The first-order chi connectivity index (χ1) is 12.6. The van der Waals surface area contributed by atoms with Gasteiger partial charge in [0.2, 0.25) is 0 Å². The Kier molecular flexibility index (Phi) is 5.40. The van der Waals surface area contributed by atoms with Gasteiger partial charge < -0.3 is 15.5 Å². The number of amides is 1. The number of hydrogen-bond acceptors (Lipinski definition) is 3. The predicted molar refractivity (Wildman–Crippen MR) is 110 cm³/mol. The molecule has 1 fully saturated rings. The van der Waals surface area contributed by atoms with Crippen LogP contribution in [0.2, 0.25) is 0 Å². The Morgan fingerprint density at radius 3 is 2.48 bits per heavy atom. The first-order valence-electron chi connectivity index (χ1n) is 8.94. The number of carbonyl (C=O) groups excluding carboxylic acids is 1. The van der Waals surface area contributed by atoms with Crippen LogP contribution in [0.1, 0.15) is 41.6 Å². The van der Waals surface area contributed by atoms with Crippen LogP contribution in [-0.2, 0) is 0 Å². The molecule has 27 heavy (non-hydrogen) atoms. The van der Waals surface area contributed by atoms with Crippen LogP contribution in [0.5, 0.6) is 0 Å². The molecule has 1 saturated carbocycles. The molecule has 1 heterocycles. The van der Waals surface area contributed by atoms with Gasteiger partial charge in [-0.3, -0.25) is 4.79 Å². The third-order valence-corrected chi connectivity index (χ3v) is 5.30. The minimum absolute atomic E-state index is 0. The van der Waals surface area contributed by atoms with E-state index < -0.39 is 0 Å². The van der Waals surface area contributed by atoms with Gasteiger partial charge in [0.05, 0.1) is 12.0 Å². The Bertz CT molecular complexity index is 921. The molecular weight excluding hydrogens is 360 g/mol. The molecule has 2 atom stereocenters. The SMILES string of the molecule is CCC1(N)CC1c1ccc(-c2occc2NC(=O)c2ccccc2)cc1.Cl. The minimum Gasteiger partial charge on any atom is -0.462 e. The fourth-order valence-electron chi connectivity index (χ4n) is 3.44. The topological polar surface area (TPSA) is 68.3 Å². The predicted octanol–water partition coefficient (Wildman–Crippen LogP) is 5.22. The van der Waals surface area contributed by atoms with E-state index in [1.165, 1.54) is 5.56 Å². The molecule has 2 aromatic carbocycles. The standard InChI is InChI=1S/C22H22N2O2.ClH/c1-2-22(23)14-18(22)15-8-10-16(11-9-15)20-19(12-13-26-20)24-21(25)17-6-4-3-5-7-17;/h3-13,18H,2,14,23H2,1H3,(H,24,25);1H. The number of rotatable bonds is 5. The average Bonchev–Trinajstić information content (AvgIpc) is 3.16. The molecule has 4 nitrogen and oxygen atoms in total. The maximum Gasteiger partial charge on any atom is 0.255 e. The zero-order chi connectivity index (χ0) is 18.1. The number of furan rings is 1. The fraction of sp³-hybridized carbons (Fsp3) is 0.227. The van der Waals surface area contributed by atoms with Gasteiger partial charge in [-0.2, -0.15) is 0 Å². The van der Waals surface area contributed by atoms with Crippen molar-refractivity contribution in [2.45, 2.75) is 31.2 Å². The molecule has 0 bridgehead atoms. The van der Waals surface area contributed by atoms with Gasteiger partial charge in [0, 0.05) is 28.7 Å². The van der Waals surface area contributed by atoms with Crippen LogP contribution in [0.4, 0.5) is 5.69 Å². The zero-order valence-corrected chi connectivity index (χ0v) is 16.0. The lowest BCUT2D eigenvalue weighted by Crippen LogP contribution is -2.22. The highest BCUT2D eigenvalue weighted by molar-refractivity contribution is 6.05. The van der Waals surface area contributed by atoms with Gasteiger partial charge in [0.15, 0.2) is 5.76 Å². The van der Waals surface area contributed by atoms with E-state index in [-0.39, 0.29) is 23.9 Å². The first kappa shape index (κ1) is 19.2. The van der Waals surface area contributed by atoms with Gasteiger partial charge in [-0.1, -0.05) is 49.4 Å². The third kappa shape index (κ3) is 3.77. The van der Waals surface area contributed by atoms with Crippen molar-refractivity contribution in [3.8, 4) is 11.3 Å². The van der Waals surface area contributed by atoms with Crippen molar-refractivity contribution in [2.24, 2.45) is 5.73 Å². The third-order valence-electron chi connectivity index (χ3n) is 5.30. The van der Waals surface area contributed by atoms with Gasteiger partial charge in [0.1, 0.15) is 0 Å². The second-order valence-electron chi connectivity index (χ2n) is 6.95. The van der Waals surface area contributed by atoms with Crippen LogP contribution in [0, 0.1) is 0 Å². The smallest absolute Gasteiger partial charge is 0.255 e. The van der Waals surface area contributed by atoms with E-state index in [0.717, 1.165) is 18.4 Å². The van der Waals surface area contributed by atoms with E-state index in [2.05, 4.69) is 24.4 Å². The second kappa shape index (κ2) is 7.59. The van der Waals surface area contributed by atoms with Crippen molar-refractivity contribution in [3.63, 3.8) is 0 Å². The van der Waals surface area contributed by atoms with Crippen LogP contribution in [0.25, 0.3) is 11.3 Å². The molecule has 1 aliphatic rings. The largest absolute Gasteiger partial charge is 0.462 e. The summed E-state index contributed by atoms with van der Waals surface area (Å²) in [5.74, 6) is 0.945. The molecule has 3 aromatic rings. The number of nitrogens with two attached hydrogens (primary N) is 1. The number of nitrogens with one attached hydrogen (secondary N) is 1. The lowest BCUT2D eigenvalue weighted by Gasteiger charge is -2.09. The van der Waals surface area contributed by atoms with Crippen LogP contribution in [0.3, 0.4) is 0 Å². The monoisotopic (exact) mass is 382 g/mol. The highest BCUT2D eigenvalue weighted by Gasteiger charge is 2.49. The molecule has 2 unspecified atom stereocenters. The molecule has 140 valence electrons. The quantitative estimate of drug-likeness (QED) is 0.636. The molecule has 3 N–H and O–H groups in total. The Labute approximate surface area is 165 Å². The van der Waals surface area contributed by atoms with Crippen LogP contribution in [-0.4, -0.2) is 11.4 Å². The minimum atomic E-state index is -0.154. The summed E-state index contributed by atoms with van der Waals surface area (Å²) in [6.45, 7) is 2.14. The van der Waals surface area contributed by atoms with E-state index in [0.29, 0.717) is 22.9 Å². The number of carbonyl (C=O) groups is 1. The number of halogens is 1. The number of anilines is 1. The Morgan fingerprint density at radius 1 is 1.15 bits per heavy atom. The highest BCUT2D eigenvalue weighted by Crippen LogP contribution is 2.51. The maximum atomic E-state index is 12.4. The Balaban J connectivity index is 0.00000210. The van der Waals surface area contributed by atoms with E-state index >= 15 is 0 Å². The lowest BCUT2D eigenvalue weighted by molar-refractivity contribution is 0.102. The molecular formula is C22H23ClN2O2. The molecule has 0 radical (unpaired) electrons. The average molecular weight is 383 g/mol. The summed E-state index contributed by atoms with van der Waals surface area (Å²) in [6, 6.07) is 19.2. The fourth-order valence-corrected chi connectivity index (χ4v) is 3.44. The van der Waals surface area contributed by atoms with Crippen LogP contribution in [0.15, 0.2) is 71.3 Å². The van der Waals surface area contributed by atoms with Gasteiger partial charge >= 0.3 is 0 Å². The number of benzene rings is 2. The molecule has 4 rings (SSSR count). The molecule has 0 aliphatic heterocycles. The van der Waals surface area contributed by atoms with Crippen LogP contribution >= 0.6 is 12.4 Å². The van der Waals surface area contributed by atoms with Gasteiger partial charge in [-0.05, 0) is 30.5 Å². The van der Waals surface area contributed by atoms with Gasteiger partial charge in [0.25, 0.3) is 5.91 Å². The van der Waals surface area contributed by atoms with Crippen molar-refractivity contribution in [1.29, 1.82) is 0 Å². The Morgan fingerprint density at radius 2 is 1.85 bits per heavy atom. The van der Waals surface area contributed by atoms with Crippen molar-refractivity contribution in [2.75, 3.05) is 5.32 Å². The molecule has 0 saturated heterocycles. The van der Waals surface area contributed by atoms with Crippen molar-refractivity contribution in [1.82, 2.24) is 0 Å². The van der Waals surface area contributed by atoms with E-state index in [4.69, 9.17) is 10.2 Å². The molecule has 1 aliphatic carbocycles. The van der Waals surface area contributed by atoms with E-state index in [9.17, 15) is 4.79 Å². The summed E-state index contributed by atoms with van der Waals surface area (Å²) < 4.78 is 5.63. The normalized spacial score (nSPS) is 20.6.